The summed E-state index contributed by atoms with van der Waals surface area (Å²) in [5.74, 6) is 0.305. The minimum Gasteiger partial charge on any atom is -0.481 e. The van der Waals surface area contributed by atoms with E-state index in [-0.39, 0.29) is 11.8 Å². The molecule has 2 N–H and O–H groups in total. The van der Waals surface area contributed by atoms with Crippen LogP contribution in [0.15, 0.2) is 84.9 Å². The molecule has 29 heavy (non-hydrogen) atoms. The predicted molar refractivity (Wildman–Crippen MR) is 115 cm³/mol. The zero-order chi connectivity index (χ0) is 20.5. The van der Waals surface area contributed by atoms with Gasteiger partial charge in [-0.3, -0.25) is 9.59 Å². The second-order valence-corrected chi connectivity index (χ2v) is 6.61. The molecule has 0 bridgehead atoms. The monoisotopic (exact) mass is 388 g/mol. The van der Waals surface area contributed by atoms with Crippen LogP contribution in [-0.4, -0.2) is 17.9 Å². The van der Waals surface area contributed by atoms with Crippen molar-refractivity contribution in [1.82, 2.24) is 0 Å². The third-order valence-electron chi connectivity index (χ3n) is 4.31. The van der Waals surface area contributed by atoms with Gasteiger partial charge < -0.3 is 15.4 Å². The lowest BCUT2D eigenvalue weighted by Crippen LogP contribution is -2.32. The molecule has 148 valence electrons. The van der Waals surface area contributed by atoms with E-state index in [1.807, 2.05) is 67.6 Å². The summed E-state index contributed by atoms with van der Waals surface area (Å²) < 4.78 is 5.78. The van der Waals surface area contributed by atoms with Crippen LogP contribution in [0.25, 0.3) is 0 Å². The van der Waals surface area contributed by atoms with E-state index in [9.17, 15) is 9.59 Å². The van der Waals surface area contributed by atoms with Crippen molar-refractivity contribution in [3.8, 4) is 5.75 Å². The number of carbonyl (C=O) groups excluding carboxylic acids is 2. The minimum atomic E-state index is -0.603. The van der Waals surface area contributed by atoms with Crippen LogP contribution in [0, 0.1) is 0 Å². The van der Waals surface area contributed by atoms with Crippen molar-refractivity contribution in [3.05, 3.63) is 90.5 Å². The molecule has 0 fully saturated rings. The topological polar surface area (TPSA) is 67.4 Å². The Labute approximate surface area is 170 Å². The SMILES string of the molecule is CCC(Oc1ccccc1)C(=O)Nc1cccc(NC(=O)Cc2ccccc2)c1. The fourth-order valence-electron chi connectivity index (χ4n) is 2.87. The van der Waals surface area contributed by atoms with Crippen LogP contribution in [-0.2, 0) is 16.0 Å². The standard InChI is InChI=1S/C24H24N2O3/c1-2-22(29-21-14-7-4-8-15-21)24(28)26-20-13-9-12-19(17-20)25-23(27)16-18-10-5-3-6-11-18/h3-15,17,22H,2,16H2,1H3,(H,25,27)(H,26,28). The Morgan fingerprint density at radius 3 is 2.10 bits per heavy atom. The second kappa shape index (κ2) is 10.1. The average molecular weight is 388 g/mol. The van der Waals surface area contributed by atoms with E-state index in [0.717, 1.165) is 5.56 Å². The highest BCUT2D eigenvalue weighted by Gasteiger charge is 2.18. The molecular formula is C24H24N2O3. The number of rotatable bonds is 8. The smallest absolute Gasteiger partial charge is 0.265 e. The maximum Gasteiger partial charge on any atom is 0.265 e. The quantitative estimate of drug-likeness (QED) is 0.590. The summed E-state index contributed by atoms with van der Waals surface area (Å²) in [6.07, 6.45) is 0.225. The van der Waals surface area contributed by atoms with Gasteiger partial charge in [-0.15, -0.1) is 0 Å². The number of anilines is 2. The van der Waals surface area contributed by atoms with Gasteiger partial charge in [0, 0.05) is 11.4 Å². The normalized spacial score (nSPS) is 11.3. The number of benzene rings is 3. The number of amides is 2. The third-order valence-corrected chi connectivity index (χ3v) is 4.31. The Kier molecular flexibility index (Phi) is 7.00. The first-order valence-corrected chi connectivity index (χ1v) is 9.60. The van der Waals surface area contributed by atoms with Gasteiger partial charge >= 0.3 is 0 Å². The van der Waals surface area contributed by atoms with Crippen molar-refractivity contribution in [1.29, 1.82) is 0 Å². The van der Waals surface area contributed by atoms with Gasteiger partial charge in [-0.25, -0.2) is 0 Å². The molecule has 0 aliphatic carbocycles. The molecule has 0 aliphatic rings. The number of ether oxygens (including phenoxy) is 1. The largest absolute Gasteiger partial charge is 0.481 e. The Balaban J connectivity index is 1.59. The van der Waals surface area contributed by atoms with Crippen molar-refractivity contribution in [2.24, 2.45) is 0 Å². The molecule has 5 heteroatoms. The molecule has 0 aromatic heterocycles. The molecule has 0 saturated heterocycles. The first-order chi connectivity index (χ1) is 14.1. The number of carbonyl (C=O) groups is 2. The summed E-state index contributed by atoms with van der Waals surface area (Å²) >= 11 is 0. The highest BCUT2D eigenvalue weighted by molar-refractivity contribution is 5.96. The van der Waals surface area contributed by atoms with Crippen LogP contribution in [0.4, 0.5) is 11.4 Å². The molecule has 0 spiro atoms. The van der Waals surface area contributed by atoms with Crippen molar-refractivity contribution in [2.75, 3.05) is 10.6 Å². The van der Waals surface area contributed by atoms with Crippen molar-refractivity contribution in [3.63, 3.8) is 0 Å². The van der Waals surface area contributed by atoms with E-state index in [1.165, 1.54) is 0 Å². The van der Waals surface area contributed by atoms with Gasteiger partial charge in [0.05, 0.1) is 6.42 Å². The van der Waals surface area contributed by atoms with Gasteiger partial charge in [-0.1, -0.05) is 61.5 Å². The summed E-state index contributed by atoms with van der Waals surface area (Å²) in [6.45, 7) is 1.90. The number of para-hydroxylation sites is 1. The van der Waals surface area contributed by atoms with E-state index < -0.39 is 6.10 Å². The Morgan fingerprint density at radius 1 is 0.828 bits per heavy atom. The highest BCUT2D eigenvalue weighted by Crippen LogP contribution is 2.18. The summed E-state index contributed by atoms with van der Waals surface area (Å²) in [5, 5.41) is 5.73. The first-order valence-electron chi connectivity index (χ1n) is 9.60. The van der Waals surface area contributed by atoms with Gasteiger partial charge in [0.1, 0.15) is 5.75 Å². The molecule has 1 unspecified atom stereocenters. The summed E-state index contributed by atoms with van der Waals surface area (Å²) in [7, 11) is 0. The number of hydrogen-bond acceptors (Lipinski definition) is 3. The van der Waals surface area contributed by atoms with E-state index in [0.29, 0.717) is 30.0 Å². The molecular weight excluding hydrogens is 364 g/mol. The number of nitrogens with one attached hydrogen (secondary N) is 2. The molecule has 3 aromatic rings. The summed E-state index contributed by atoms with van der Waals surface area (Å²) in [4.78, 5) is 24.9. The van der Waals surface area contributed by atoms with Crippen molar-refractivity contribution < 1.29 is 14.3 Å². The third kappa shape index (κ3) is 6.21. The molecule has 3 aromatic carbocycles. The van der Waals surface area contributed by atoms with Gasteiger partial charge in [-0.05, 0) is 42.3 Å². The fraction of sp³-hybridized carbons (Fsp3) is 0.167. The van der Waals surface area contributed by atoms with Gasteiger partial charge in [0.15, 0.2) is 6.10 Å². The van der Waals surface area contributed by atoms with Gasteiger partial charge in [0.25, 0.3) is 5.91 Å². The molecule has 1 atom stereocenters. The Hall–Kier alpha value is -3.60. The lowest BCUT2D eigenvalue weighted by atomic mass is 10.1. The lowest BCUT2D eigenvalue weighted by Gasteiger charge is -2.17. The predicted octanol–water partition coefficient (Wildman–Crippen LogP) is 4.66. The van der Waals surface area contributed by atoms with Crippen LogP contribution < -0.4 is 15.4 Å². The second-order valence-electron chi connectivity index (χ2n) is 6.61. The first kappa shape index (κ1) is 20.1. The maximum absolute atomic E-state index is 12.6. The summed E-state index contributed by atoms with van der Waals surface area (Å²) in [6, 6.07) is 25.9. The minimum absolute atomic E-state index is 0.112. The van der Waals surface area contributed by atoms with Gasteiger partial charge in [-0.2, -0.15) is 0 Å². The molecule has 0 heterocycles. The van der Waals surface area contributed by atoms with Crippen LogP contribution in [0.5, 0.6) is 5.75 Å². The van der Waals surface area contributed by atoms with Crippen LogP contribution in [0.1, 0.15) is 18.9 Å². The Morgan fingerprint density at radius 2 is 1.45 bits per heavy atom. The molecule has 2 amide bonds. The molecule has 0 aliphatic heterocycles. The molecule has 3 rings (SSSR count). The lowest BCUT2D eigenvalue weighted by molar-refractivity contribution is -0.122. The molecule has 0 radical (unpaired) electrons. The van der Waals surface area contributed by atoms with E-state index in [1.54, 1.807) is 24.3 Å². The maximum atomic E-state index is 12.6. The van der Waals surface area contributed by atoms with Crippen molar-refractivity contribution in [2.45, 2.75) is 25.9 Å². The van der Waals surface area contributed by atoms with Crippen LogP contribution in [0.3, 0.4) is 0 Å². The van der Waals surface area contributed by atoms with Crippen LogP contribution in [0.2, 0.25) is 0 Å². The average Bonchev–Trinajstić information content (AvgIpc) is 2.73. The zero-order valence-electron chi connectivity index (χ0n) is 16.3. The molecule has 0 saturated carbocycles. The van der Waals surface area contributed by atoms with Gasteiger partial charge in [0.2, 0.25) is 5.91 Å². The zero-order valence-corrected chi connectivity index (χ0v) is 16.3. The van der Waals surface area contributed by atoms with Crippen molar-refractivity contribution >= 4 is 23.2 Å². The molecule has 5 nitrogen and oxygen atoms in total. The number of hydrogen-bond donors (Lipinski definition) is 2. The van der Waals surface area contributed by atoms with E-state index in [4.69, 9.17) is 4.74 Å². The van der Waals surface area contributed by atoms with E-state index in [2.05, 4.69) is 10.6 Å². The van der Waals surface area contributed by atoms with E-state index >= 15 is 0 Å². The summed E-state index contributed by atoms with van der Waals surface area (Å²) in [5.41, 5.74) is 2.17. The fourth-order valence-corrected chi connectivity index (χ4v) is 2.87. The highest BCUT2D eigenvalue weighted by atomic mass is 16.5. The van der Waals surface area contributed by atoms with Crippen LogP contribution >= 0.6 is 0 Å². The Bertz CT molecular complexity index is 943.